The number of aliphatic imine (C=N–C) groups is 1. The van der Waals surface area contributed by atoms with Crippen molar-refractivity contribution in [3.05, 3.63) is 53.7 Å². The van der Waals surface area contributed by atoms with Gasteiger partial charge in [-0.25, -0.2) is 4.98 Å². The molecule has 6 nitrogen and oxygen atoms in total. The number of ether oxygens (including phenoxy) is 1. The number of methoxy groups -OCH3 is 1. The monoisotopic (exact) mass is 509 g/mol. The van der Waals surface area contributed by atoms with Gasteiger partial charge in [0.05, 0.1) is 12.7 Å². The van der Waals surface area contributed by atoms with Crippen molar-refractivity contribution in [1.82, 2.24) is 15.6 Å². The Hall–Kier alpha value is -2.24. The minimum absolute atomic E-state index is 0. The van der Waals surface area contributed by atoms with Gasteiger partial charge in [0, 0.05) is 32.9 Å². The number of aromatic nitrogens is 1. The molecule has 0 aliphatic rings. The van der Waals surface area contributed by atoms with Gasteiger partial charge in [0.25, 0.3) is 0 Å². The first-order chi connectivity index (χ1) is 12.9. The smallest absolute Gasteiger partial charge is 0.419 e. The van der Waals surface area contributed by atoms with E-state index in [1.807, 2.05) is 24.3 Å². The Morgan fingerprint density at radius 3 is 2.43 bits per heavy atom. The molecule has 1 aromatic carbocycles. The van der Waals surface area contributed by atoms with E-state index in [1.54, 1.807) is 14.2 Å². The fourth-order valence-electron chi connectivity index (χ4n) is 2.29. The third-order valence-electron chi connectivity index (χ3n) is 3.67. The lowest BCUT2D eigenvalue weighted by Crippen LogP contribution is -2.39. The quantitative estimate of drug-likeness (QED) is 0.231. The van der Waals surface area contributed by atoms with Crippen molar-refractivity contribution < 1.29 is 17.9 Å². The molecular formula is C18H23F3IN5O. The maximum atomic E-state index is 12.9. The van der Waals surface area contributed by atoms with E-state index in [0.29, 0.717) is 19.0 Å². The molecule has 2 rings (SSSR count). The van der Waals surface area contributed by atoms with E-state index < -0.39 is 11.7 Å². The Morgan fingerprint density at radius 1 is 1.11 bits per heavy atom. The maximum absolute atomic E-state index is 12.9. The SMILES string of the molecule is CN=C(NCCNc1ncccc1C(F)(F)F)NCc1ccc(OC)cc1.I. The molecule has 0 aliphatic heterocycles. The number of alkyl halides is 3. The molecule has 0 radical (unpaired) electrons. The van der Waals surface area contributed by atoms with Gasteiger partial charge in [-0.05, 0) is 29.8 Å². The van der Waals surface area contributed by atoms with Crippen molar-refractivity contribution in [3.8, 4) is 5.75 Å². The topological polar surface area (TPSA) is 70.6 Å². The van der Waals surface area contributed by atoms with Gasteiger partial charge >= 0.3 is 6.18 Å². The Labute approximate surface area is 179 Å². The van der Waals surface area contributed by atoms with E-state index in [0.717, 1.165) is 17.4 Å². The molecule has 28 heavy (non-hydrogen) atoms. The molecule has 2 aromatic rings. The van der Waals surface area contributed by atoms with Gasteiger partial charge in [-0.2, -0.15) is 13.2 Å². The van der Waals surface area contributed by atoms with Crippen LogP contribution < -0.4 is 20.7 Å². The fraction of sp³-hybridized carbons (Fsp3) is 0.333. The highest BCUT2D eigenvalue weighted by atomic mass is 127. The van der Waals surface area contributed by atoms with Gasteiger partial charge in [0.15, 0.2) is 5.96 Å². The number of anilines is 1. The second-order valence-electron chi connectivity index (χ2n) is 5.52. The molecule has 1 heterocycles. The van der Waals surface area contributed by atoms with E-state index >= 15 is 0 Å². The largest absolute Gasteiger partial charge is 0.497 e. The Bertz CT molecular complexity index is 754. The van der Waals surface area contributed by atoms with Crippen LogP contribution >= 0.6 is 24.0 Å². The van der Waals surface area contributed by atoms with Crippen molar-refractivity contribution >= 4 is 35.8 Å². The van der Waals surface area contributed by atoms with Crippen molar-refractivity contribution in [2.24, 2.45) is 4.99 Å². The zero-order valence-electron chi connectivity index (χ0n) is 15.5. The summed E-state index contributed by atoms with van der Waals surface area (Å²) in [7, 11) is 3.23. The minimum Gasteiger partial charge on any atom is -0.497 e. The van der Waals surface area contributed by atoms with Crippen LogP contribution in [0.15, 0.2) is 47.6 Å². The van der Waals surface area contributed by atoms with E-state index in [9.17, 15) is 13.2 Å². The third-order valence-corrected chi connectivity index (χ3v) is 3.67. The molecule has 0 bridgehead atoms. The number of halogens is 4. The highest BCUT2D eigenvalue weighted by molar-refractivity contribution is 14.0. The normalized spacial score (nSPS) is 11.4. The lowest BCUT2D eigenvalue weighted by atomic mass is 10.2. The van der Waals surface area contributed by atoms with E-state index in [4.69, 9.17) is 4.74 Å². The molecule has 10 heteroatoms. The molecular weight excluding hydrogens is 486 g/mol. The maximum Gasteiger partial charge on any atom is 0.419 e. The summed E-state index contributed by atoms with van der Waals surface area (Å²) in [6.45, 7) is 1.18. The number of nitrogens with one attached hydrogen (secondary N) is 3. The van der Waals surface area contributed by atoms with E-state index in [1.165, 1.54) is 12.3 Å². The number of guanidine groups is 1. The van der Waals surface area contributed by atoms with Gasteiger partial charge in [0.2, 0.25) is 0 Å². The van der Waals surface area contributed by atoms with Crippen LogP contribution in [0.1, 0.15) is 11.1 Å². The fourth-order valence-corrected chi connectivity index (χ4v) is 2.29. The van der Waals surface area contributed by atoms with Crippen LogP contribution in [0.3, 0.4) is 0 Å². The highest BCUT2D eigenvalue weighted by Gasteiger charge is 2.33. The summed E-state index contributed by atoms with van der Waals surface area (Å²) in [4.78, 5) is 7.84. The number of pyridine rings is 1. The minimum atomic E-state index is -4.44. The van der Waals surface area contributed by atoms with Gasteiger partial charge in [-0.1, -0.05) is 12.1 Å². The Kier molecular flexibility index (Phi) is 9.83. The highest BCUT2D eigenvalue weighted by Crippen LogP contribution is 2.33. The molecule has 0 spiro atoms. The van der Waals surface area contributed by atoms with Gasteiger partial charge in [0.1, 0.15) is 11.6 Å². The van der Waals surface area contributed by atoms with E-state index in [2.05, 4.69) is 25.9 Å². The summed E-state index contributed by atoms with van der Waals surface area (Å²) in [5, 5.41) is 8.86. The number of nitrogens with zero attached hydrogens (tertiary/aromatic N) is 2. The Morgan fingerprint density at radius 2 is 1.82 bits per heavy atom. The summed E-state index contributed by atoms with van der Waals surface area (Å²) in [6.07, 6.45) is -3.12. The average molecular weight is 509 g/mol. The summed E-state index contributed by atoms with van der Waals surface area (Å²) >= 11 is 0. The summed E-state index contributed by atoms with van der Waals surface area (Å²) in [6, 6.07) is 9.85. The van der Waals surface area contributed by atoms with Crippen LogP contribution in [0.4, 0.5) is 19.0 Å². The molecule has 154 valence electrons. The first-order valence-electron chi connectivity index (χ1n) is 8.27. The van der Waals surface area contributed by atoms with Crippen LogP contribution in [0.5, 0.6) is 5.75 Å². The van der Waals surface area contributed by atoms with Gasteiger partial charge in [-0.15, -0.1) is 24.0 Å². The van der Waals surface area contributed by atoms with Crippen molar-refractivity contribution in [1.29, 1.82) is 0 Å². The average Bonchev–Trinajstić information content (AvgIpc) is 2.67. The molecule has 0 saturated carbocycles. The van der Waals surface area contributed by atoms with Crippen molar-refractivity contribution in [2.45, 2.75) is 12.7 Å². The second-order valence-corrected chi connectivity index (χ2v) is 5.52. The van der Waals surface area contributed by atoms with Crippen molar-refractivity contribution in [2.75, 3.05) is 32.6 Å². The molecule has 0 amide bonds. The van der Waals surface area contributed by atoms with Gasteiger partial charge < -0.3 is 20.7 Å². The predicted octanol–water partition coefficient (Wildman–Crippen LogP) is 3.50. The second kappa shape index (κ2) is 11.6. The molecule has 0 atom stereocenters. The van der Waals surface area contributed by atoms with Crippen LogP contribution in [-0.2, 0) is 12.7 Å². The molecule has 1 aromatic heterocycles. The molecule has 3 N–H and O–H groups in total. The van der Waals surface area contributed by atoms with Crippen LogP contribution in [0.25, 0.3) is 0 Å². The number of hydrogen-bond acceptors (Lipinski definition) is 4. The standard InChI is InChI=1S/C18H22F3N5O.HI/c1-22-17(26-12-13-5-7-14(27-2)8-6-13)25-11-10-24-16-15(18(19,20)21)4-3-9-23-16;/h3-9H,10-12H2,1-2H3,(H,23,24)(H2,22,25,26);1H. The lowest BCUT2D eigenvalue weighted by molar-refractivity contribution is -0.137. The lowest BCUT2D eigenvalue weighted by Gasteiger charge is -2.15. The van der Waals surface area contributed by atoms with Gasteiger partial charge in [-0.3, -0.25) is 4.99 Å². The Balaban J connectivity index is 0.00000392. The van der Waals surface area contributed by atoms with E-state index in [-0.39, 0.29) is 36.3 Å². The zero-order chi connectivity index (χ0) is 19.7. The van der Waals surface area contributed by atoms with Crippen LogP contribution in [0, 0.1) is 0 Å². The summed E-state index contributed by atoms with van der Waals surface area (Å²) in [5.41, 5.74) is 0.257. The van der Waals surface area contributed by atoms with Crippen molar-refractivity contribution in [3.63, 3.8) is 0 Å². The molecule has 0 aliphatic carbocycles. The van der Waals surface area contributed by atoms with Crippen LogP contribution in [0.2, 0.25) is 0 Å². The summed E-state index contributed by atoms with van der Waals surface area (Å²) < 4.78 is 43.9. The number of rotatable bonds is 7. The zero-order valence-corrected chi connectivity index (χ0v) is 17.8. The van der Waals surface area contributed by atoms with Crippen LogP contribution in [-0.4, -0.2) is 38.2 Å². The third kappa shape index (κ3) is 7.41. The molecule has 0 saturated heterocycles. The summed E-state index contributed by atoms with van der Waals surface area (Å²) in [5.74, 6) is 1.14. The first-order valence-corrected chi connectivity index (χ1v) is 8.27. The molecule has 0 unspecified atom stereocenters. The number of hydrogen-bond donors (Lipinski definition) is 3. The first kappa shape index (κ1) is 23.8. The number of benzene rings is 1. The predicted molar refractivity (Wildman–Crippen MR) is 114 cm³/mol. The molecule has 0 fully saturated rings.